The van der Waals surface area contributed by atoms with E-state index in [9.17, 15) is 0 Å². The molecule has 0 aliphatic rings. The number of fused-ring (bicyclic) bond motifs is 1. The normalized spacial score (nSPS) is 10.8. The summed E-state index contributed by atoms with van der Waals surface area (Å²) in [7, 11) is 0. The number of para-hydroxylation sites is 1. The number of hydrogen-bond acceptors (Lipinski definition) is 4. The van der Waals surface area contributed by atoms with Crippen LogP contribution in [0.4, 0.5) is 5.82 Å². The largest absolute Gasteiger partial charge is 0.369 e. The van der Waals surface area contributed by atoms with Crippen molar-refractivity contribution in [3.8, 4) is 0 Å². The number of aromatic nitrogens is 2. The van der Waals surface area contributed by atoms with Gasteiger partial charge in [-0.2, -0.15) is 11.8 Å². The van der Waals surface area contributed by atoms with Crippen LogP contribution in [0.1, 0.15) is 12.8 Å². The van der Waals surface area contributed by atoms with Gasteiger partial charge in [0.1, 0.15) is 5.82 Å². The van der Waals surface area contributed by atoms with Crippen molar-refractivity contribution in [3.63, 3.8) is 0 Å². The first-order valence-corrected chi connectivity index (χ1v) is 7.73. The molecule has 0 fully saturated rings. The minimum Gasteiger partial charge on any atom is -0.369 e. The summed E-state index contributed by atoms with van der Waals surface area (Å²) < 4.78 is 0. The number of nitrogens with zero attached hydrogens (tertiary/aromatic N) is 2. The molecule has 0 saturated carbocycles. The van der Waals surface area contributed by atoms with Crippen LogP contribution in [0, 0.1) is 0 Å². The number of benzene rings is 1. The highest BCUT2D eigenvalue weighted by Crippen LogP contribution is 2.21. The molecule has 0 aliphatic heterocycles. The quantitative estimate of drug-likeness (QED) is 0.645. The molecule has 2 rings (SSSR count). The summed E-state index contributed by atoms with van der Waals surface area (Å²) in [5.41, 5.74) is 0.879. The predicted octanol–water partition coefficient (Wildman–Crippen LogP) is 3.84. The fourth-order valence-electron chi connectivity index (χ4n) is 1.76. The number of anilines is 1. The molecule has 0 radical (unpaired) electrons. The van der Waals surface area contributed by atoms with Gasteiger partial charge in [0.2, 0.25) is 5.28 Å². The lowest BCUT2D eigenvalue weighted by atomic mass is 10.2. The third-order valence-corrected chi connectivity index (χ3v) is 3.51. The fraction of sp³-hybridized carbons (Fsp3) is 0.385. The summed E-state index contributed by atoms with van der Waals surface area (Å²) in [6.07, 6.45) is 4.48. The first kappa shape index (κ1) is 13.4. The molecule has 3 nitrogen and oxygen atoms in total. The third-order valence-electron chi connectivity index (χ3n) is 2.64. The van der Waals surface area contributed by atoms with E-state index in [0.29, 0.717) is 5.28 Å². The van der Waals surface area contributed by atoms with Crippen LogP contribution in [0.25, 0.3) is 10.9 Å². The highest BCUT2D eigenvalue weighted by Gasteiger charge is 2.05. The van der Waals surface area contributed by atoms with Gasteiger partial charge in [-0.1, -0.05) is 12.1 Å². The maximum absolute atomic E-state index is 5.92. The maximum atomic E-state index is 5.92. The Bertz CT molecular complexity index is 519. The van der Waals surface area contributed by atoms with Crippen molar-refractivity contribution >= 4 is 40.1 Å². The molecule has 0 bridgehead atoms. The lowest BCUT2D eigenvalue weighted by molar-refractivity contribution is 0.840. The van der Waals surface area contributed by atoms with E-state index in [2.05, 4.69) is 21.5 Å². The highest BCUT2D eigenvalue weighted by atomic mass is 35.5. The lowest BCUT2D eigenvalue weighted by Crippen LogP contribution is -2.05. The highest BCUT2D eigenvalue weighted by molar-refractivity contribution is 7.98. The van der Waals surface area contributed by atoms with Gasteiger partial charge in [0.15, 0.2) is 0 Å². The second kappa shape index (κ2) is 6.81. The van der Waals surface area contributed by atoms with Gasteiger partial charge in [0.25, 0.3) is 0 Å². The van der Waals surface area contributed by atoms with Crippen LogP contribution in [0.3, 0.4) is 0 Å². The zero-order chi connectivity index (χ0) is 12.8. The van der Waals surface area contributed by atoms with E-state index in [1.807, 2.05) is 36.0 Å². The Hall–Kier alpha value is -1.00. The van der Waals surface area contributed by atoms with Crippen LogP contribution < -0.4 is 5.32 Å². The molecule has 1 aromatic heterocycles. The molecule has 18 heavy (non-hydrogen) atoms. The van der Waals surface area contributed by atoms with E-state index in [-0.39, 0.29) is 0 Å². The lowest BCUT2D eigenvalue weighted by Gasteiger charge is -2.08. The number of thioether (sulfide) groups is 1. The molecule has 0 saturated heterocycles. The van der Waals surface area contributed by atoms with Gasteiger partial charge in [0, 0.05) is 11.9 Å². The van der Waals surface area contributed by atoms with Crippen molar-refractivity contribution in [1.82, 2.24) is 9.97 Å². The van der Waals surface area contributed by atoms with Crippen molar-refractivity contribution in [2.45, 2.75) is 12.8 Å². The standard InChI is InChI=1S/C13H16ClN3S/c1-18-9-5-4-8-15-12-10-6-2-3-7-11(10)16-13(14)17-12/h2-3,6-7H,4-5,8-9H2,1H3,(H,15,16,17). The number of hydrogen-bond donors (Lipinski definition) is 1. The summed E-state index contributed by atoms with van der Waals surface area (Å²) in [6.45, 7) is 0.915. The first-order chi connectivity index (χ1) is 8.81. The van der Waals surface area contributed by atoms with Crippen LogP contribution in [-0.2, 0) is 0 Å². The number of unbranched alkanes of at least 4 members (excludes halogenated alkanes) is 1. The average Bonchev–Trinajstić information content (AvgIpc) is 2.38. The monoisotopic (exact) mass is 281 g/mol. The first-order valence-electron chi connectivity index (χ1n) is 5.96. The summed E-state index contributed by atoms with van der Waals surface area (Å²) in [5, 5.41) is 4.65. The topological polar surface area (TPSA) is 37.8 Å². The number of rotatable bonds is 6. The Morgan fingerprint density at radius 2 is 2.06 bits per heavy atom. The molecule has 0 spiro atoms. The Morgan fingerprint density at radius 3 is 2.89 bits per heavy atom. The van der Waals surface area contributed by atoms with E-state index in [1.54, 1.807) is 0 Å². The van der Waals surface area contributed by atoms with Crippen molar-refractivity contribution in [3.05, 3.63) is 29.5 Å². The molecule has 1 N–H and O–H groups in total. The van der Waals surface area contributed by atoms with Gasteiger partial charge >= 0.3 is 0 Å². The van der Waals surface area contributed by atoms with Gasteiger partial charge in [-0.25, -0.2) is 9.97 Å². The fourth-order valence-corrected chi connectivity index (χ4v) is 2.43. The molecular weight excluding hydrogens is 266 g/mol. The van der Waals surface area contributed by atoms with Crippen molar-refractivity contribution in [2.75, 3.05) is 23.9 Å². The molecular formula is C13H16ClN3S. The minimum absolute atomic E-state index is 0.292. The van der Waals surface area contributed by atoms with E-state index >= 15 is 0 Å². The molecule has 0 atom stereocenters. The van der Waals surface area contributed by atoms with Crippen LogP contribution in [0.15, 0.2) is 24.3 Å². The molecule has 5 heteroatoms. The van der Waals surface area contributed by atoms with Gasteiger partial charge in [-0.3, -0.25) is 0 Å². The molecule has 1 aromatic carbocycles. The van der Waals surface area contributed by atoms with Crippen LogP contribution in [0.2, 0.25) is 5.28 Å². The van der Waals surface area contributed by atoms with Crippen LogP contribution in [0.5, 0.6) is 0 Å². The summed E-state index contributed by atoms with van der Waals surface area (Å²) in [4.78, 5) is 8.46. The molecule has 96 valence electrons. The summed E-state index contributed by atoms with van der Waals surface area (Å²) >= 11 is 7.80. The van der Waals surface area contributed by atoms with E-state index in [0.717, 1.165) is 29.7 Å². The third kappa shape index (κ3) is 3.50. The van der Waals surface area contributed by atoms with Crippen LogP contribution >= 0.6 is 23.4 Å². The van der Waals surface area contributed by atoms with Gasteiger partial charge in [-0.05, 0) is 48.6 Å². The second-order valence-electron chi connectivity index (χ2n) is 3.99. The zero-order valence-corrected chi connectivity index (χ0v) is 11.9. The Labute approximate surface area is 116 Å². The van der Waals surface area contributed by atoms with Crippen molar-refractivity contribution in [2.24, 2.45) is 0 Å². The Morgan fingerprint density at radius 1 is 1.22 bits per heavy atom. The Balaban J connectivity index is 2.07. The summed E-state index contributed by atoms with van der Waals surface area (Å²) in [5.74, 6) is 2.03. The van der Waals surface area contributed by atoms with Gasteiger partial charge in [0.05, 0.1) is 5.52 Å². The molecule has 0 amide bonds. The molecule has 0 unspecified atom stereocenters. The minimum atomic E-state index is 0.292. The van der Waals surface area contributed by atoms with Crippen molar-refractivity contribution in [1.29, 1.82) is 0 Å². The molecule has 0 aliphatic carbocycles. The average molecular weight is 282 g/mol. The van der Waals surface area contributed by atoms with Gasteiger partial charge in [-0.15, -0.1) is 0 Å². The summed E-state index contributed by atoms with van der Waals surface area (Å²) in [6, 6.07) is 7.89. The molecule has 2 aromatic rings. The predicted molar refractivity (Wildman–Crippen MR) is 80.7 cm³/mol. The zero-order valence-electron chi connectivity index (χ0n) is 10.3. The Kier molecular flexibility index (Phi) is 5.08. The van der Waals surface area contributed by atoms with E-state index < -0.39 is 0 Å². The number of halogens is 1. The van der Waals surface area contributed by atoms with Gasteiger partial charge < -0.3 is 5.32 Å². The maximum Gasteiger partial charge on any atom is 0.224 e. The van der Waals surface area contributed by atoms with Crippen LogP contribution in [-0.4, -0.2) is 28.5 Å². The number of nitrogens with one attached hydrogen (secondary N) is 1. The SMILES string of the molecule is CSCCCCNc1nc(Cl)nc2ccccc12. The molecule has 1 heterocycles. The smallest absolute Gasteiger partial charge is 0.224 e. The second-order valence-corrected chi connectivity index (χ2v) is 5.31. The van der Waals surface area contributed by atoms with Crippen molar-refractivity contribution < 1.29 is 0 Å². The van der Waals surface area contributed by atoms with E-state index in [1.165, 1.54) is 12.2 Å². The van der Waals surface area contributed by atoms with E-state index in [4.69, 9.17) is 11.6 Å².